The van der Waals surface area contributed by atoms with Crippen molar-refractivity contribution in [1.82, 2.24) is 0 Å². The zero-order chi connectivity index (χ0) is 0. The summed E-state index contributed by atoms with van der Waals surface area (Å²) in [5.74, 6) is 0. The van der Waals surface area contributed by atoms with Gasteiger partial charge in [0.05, 0.1) is 0 Å². The van der Waals surface area contributed by atoms with Crippen molar-refractivity contribution in [1.29, 1.82) is 0 Å². The minimum Gasteiger partial charge on any atom is -1.00 e. The minimum absolute atomic E-state index is 0. The van der Waals surface area contributed by atoms with Gasteiger partial charge in [-0.25, -0.2) is 0 Å². The molecule has 0 aromatic heterocycles. The molecule has 0 aromatic rings. The predicted molar refractivity (Wildman–Crippen MR) is 21.0 cm³/mol. The molecule has 1 radical (unpaired) electrons. The van der Waals surface area contributed by atoms with Crippen LogP contribution in [-0.4, -0.2) is 28.3 Å². The fourth-order valence-corrected chi connectivity index (χ4v) is 0. The molecule has 0 bridgehead atoms. The van der Waals surface area contributed by atoms with Crippen LogP contribution < -0.4 is 29.6 Å². The maximum atomic E-state index is 0. The van der Waals surface area contributed by atoms with E-state index in [0.717, 1.165) is 0 Å². The molecular formula is H7AlNaSiTi. The van der Waals surface area contributed by atoms with Crippen LogP contribution in [0.3, 0.4) is 0 Å². The van der Waals surface area contributed by atoms with Crippen molar-refractivity contribution in [2.45, 2.75) is 0 Å². The first-order valence-electron chi connectivity index (χ1n) is 0. The molecule has 0 N–H and O–H groups in total. The van der Waals surface area contributed by atoms with Gasteiger partial charge in [0.2, 0.25) is 0 Å². The fraction of sp³-hybridized carbons (Fsp3) is 0. The Bertz CT molecular complexity index is 11.6. The molecule has 0 fully saturated rings. The van der Waals surface area contributed by atoms with Crippen LogP contribution in [0.4, 0.5) is 0 Å². The van der Waals surface area contributed by atoms with E-state index in [1.807, 2.05) is 0 Å². The molecule has 0 rings (SSSR count). The standard InChI is InChI=1S/Al.Na.H3Si.Ti.4H/h;;1H3;;;;;/q;+1;;;;;;-1. The van der Waals surface area contributed by atoms with E-state index in [2.05, 4.69) is 0 Å². The van der Waals surface area contributed by atoms with Gasteiger partial charge < -0.3 is 1.43 Å². The Balaban J connectivity index is 0. The summed E-state index contributed by atoms with van der Waals surface area (Å²) in [6.45, 7) is 0. The fourth-order valence-electron chi connectivity index (χ4n) is 0. The average molecular weight is 133 g/mol. The molecule has 0 nitrogen and oxygen atoms in total. The Kier molecular flexibility index (Phi) is 143. The third-order valence-electron chi connectivity index (χ3n) is 0. The maximum Gasteiger partial charge on any atom is 1.00 e. The van der Waals surface area contributed by atoms with E-state index >= 15 is 0 Å². The third kappa shape index (κ3) is 8.82. The molecule has 4 heteroatoms. The molecule has 0 aromatic carbocycles. The van der Waals surface area contributed by atoms with Gasteiger partial charge in [-0.15, -0.1) is 0 Å². The van der Waals surface area contributed by atoms with Gasteiger partial charge >= 0.3 is 29.6 Å². The molecule has 0 heterocycles. The van der Waals surface area contributed by atoms with E-state index in [1.54, 1.807) is 0 Å². The first-order chi connectivity index (χ1) is 0. The summed E-state index contributed by atoms with van der Waals surface area (Å²) in [5.41, 5.74) is 0. The van der Waals surface area contributed by atoms with Crippen molar-refractivity contribution in [3.8, 4) is 0 Å². The van der Waals surface area contributed by atoms with Crippen LogP contribution >= 0.6 is 0 Å². The molecule has 0 saturated heterocycles. The molecular weight excluding hydrogens is 126 g/mol. The normalized spacial score (nSPS) is 0. The van der Waals surface area contributed by atoms with Crippen LogP contribution in [0, 0.1) is 0 Å². The SMILES string of the molecule is [AlH3].[H-].[Na+].[SiH3].[Ti]. The molecule has 0 unspecified atom stereocenters. The second-order valence-electron chi connectivity index (χ2n) is 0. The first kappa shape index (κ1) is 31.8. The zero-order valence-electron chi connectivity index (χ0n) is 3.50. The summed E-state index contributed by atoms with van der Waals surface area (Å²) in [4.78, 5) is 0. The quantitative estimate of drug-likeness (QED) is 0.290. The summed E-state index contributed by atoms with van der Waals surface area (Å²) >= 11 is 0. The van der Waals surface area contributed by atoms with Crippen LogP contribution in [0.25, 0.3) is 0 Å². The van der Waals surface area contributed by atoms with Crippen molar-refractivity contribution in [3.05, 3.63) is 0 Å². The van der Waals surface area contributed by atoms with Gasteiger partial charge in [-0.1, -0.05) is 0 Å². The van der Waals surface area contributed by atoms with Gasteiger partial charge in [-0.05, 0) is 11.0 Å². The number of rotatable bonds is 0. The molecule has 19 valence electrons. The molecule has 0 amide bonds. The topological polar surface area (TPSA) is 0 Å². The Morgan fingerprint density at radius 2 is 1.25 bits per heavy atom. The van der Waals surface area contributed by atoms with E-state index in [9.17, 15) is 0 Å². The Hall–Kier alpha value is 2.46. The van der Waals surface area contributed by atoms with Gasteiger partial charge in [-0.3, -0.25) is 0 Å². The van der Waals surface area contributed by atoms with Crippen molar-refractivity contribution in [2.24, 2.45) is 0 Å². The summed E-state index contributed by atoms with van der Waals surface area (Å²) in [6, 6.07) is 0. The largest absolute Gasteiger partial charge is 1.00 e. The van der Waals surface area contributed by atoms with E-state index < -0.39 is 0 Å². The van der Waals surface area contributed by atoms with E-state index in [0.29, 0.717) is 0 Å². The molecule has 0 aliphatic heterocycles. The van der Waals surface area contributed by atoms with Gasteiger partial charge in [0.1, 0.15) is 0 Å². The average Bonchev–Trinajstić information content (AvgIpc) is 0. The summed E-state index contributed by atoms with van der Waals surface area (Å²) < 4.78 is 0. The van der Waals surface area contributed by atoms with E-state index in [1.165, 1.54) is 0 Å². The first-order valence-corrected chi connectivity index (χ1v) is 0. The van der Waals surface area contributed by atoms with Gasteiger partial charge in [0, 0.05) is 21.7 Å². The smallest absolute Gasteiger partial charge is 1.00 e. The maximum absolute atomic E-state index is 0. The Morgan fingerprint density at radius 3 is 1.25 bits per heavy atom. The van der Waals surface area contributed by atoms with E-state index in [4.69, 9.17) is 0 Å². The third-order valence-corrected chi connectivity index (χ3v) is 0. The number of hydrogen-bond acceptors (Lipinski definition) is 0. The molecule has 0 atom stereocenters. The van der Waals surface area contributed by atoms with Crippen molar-refractivity contribution < 1.29 is 52.7 Å². The molecule has 0 aliphatic carbocycles. The molecule has 0 aliphatic rings. The second kappa shape index (κ2) is 17.9. The van der Waals surface area contributed by atoms with Crippen LogP contribution in [0.5, 0.6) is 0 Å². The zero-order valence-corrected chi connectivity index (χ0v) is 8.06. The van der Waals surface area contributed by atoms with Crippen molar-refractivity contribution in [2.75, 3.05) is 0 Å². The minimum atomic E-state index is 0. The Morgan fingerprint density at radius 1 is 1.25 bits per heavy atom. The molecule has 4 heavy (non-hydrogen) atoms. The van der Waals surface area contributed by atoms with Crippen LogP contribution in [-0.2, 0) is 21.7 Å². The number of hydrogen-bond donors (Lipinski definition) is 0. The van der Waals surface area contributed by atoms with Crippen molar-refractivity contribution in [3.63, 3.8) is 0 Å². The summed E-state index contributed by atoms with van der Waals surface area (Å²) in [6.07, 6.45) is 0. The van der Waals surface area contributed by atoms with Gasteiger partial charge in [0.25, 0.3) is 0 Å². The molecule has 0 spiro atoms. The monoisotopic (exact) mass is 133 g/mol. The van der Waals surface area contributed by atoms with Crippen LogP contribution in [0.2, 0.25) is 0 Å². The van der Waals surface area contributed by atoms with Gasteiger partial charge in [0.15, 0.2) is 17.4 Å². The van der Waals surface area contributed by atoms with Crippen LogP contribution in [0.15, 0.2) is 0 Å². The van der Waals surface area contributed by atoms with Crippen LogP contribution in [0.1, 0.15) is 1.43 Å². The van der Waals surface area contributed by atoms with Crippen molar-refractivity contribution >= 4 is 28.3 Å². The Labute approximate surface area is 79.9 Å². The molecule has 0 saturated carbocycles. The second-order valence-corrected chi connectivity index (χ2v) is 0. The predicted octanol–water partition coefficient (Wildman–Crippen LogP) is -5.25. The van der Waals surface area contributed by atoms with E-state index in [-0.39, 0.29) is 81.0 Å². The summed E-state index contributed by atoms with van der Waals surface area (Å²) in [5, 5.41) is 0. The van der Waals surface area contributed by atoms with Gasteiger partial charge in [-0.2, -0.15) is 0 Å². The summed E-state index contributed by atoms with van der Waals surface area (Å²) in [7, 11) is 0.